The zero-order chi connectivity index (χ0) is 49.0. The molecule has 0 atom stereocenters. The van der Waals surface area contributed by atoms with Crippen molar-refractivity contribution in [3.63, 3.8) is 0 Å². The van der Waals surface area contributed by atoms with E-state index in [9.17, 15) is 20.4 Å². The summed E-state index contributed by atoms with van der Waals surface area (Å²) < 4.78 is 0. The predicted molar refractivity (Wildman–Crippen MR) is 282 cm³/mol. The summed E-state index contributed by atoms with van der Waals surface area (Å²) in [5.74, 6) is 0.657. The summed E-state index contributed by atoms with van der Waals surface area (Å²) in [5, 5.41) is 43.6. The maximum atomic E-state index is 11.0. The smallest absolute Gasteiger partial charge is 0.119 e. The molecule has 8 aromatic carbocycles. The van der Waals surface area contributed by atoms with E-state index in [4.69, 9.17) is 0 Å². The first-order chi connectivity index (χ1) is 32.2. The van der Waals surface area contributed by atoms with E-state index in [-0.39, 0.29) is 56.5 Å². The standard InChI is InChI=1S/2C32H34O2/c1-22(27-20-25(16-18-29(27)33)31(2,3)23-12-8-6-9-13-23)28-21-26(17-19-30(28)34)32(4,5)24-14-10-7-11-15-24;1-22(27-18-16-25(20-29(27)33)31(2,3)23-12-8-6-9-13-23)28-19-17-26(21-30(28)34)32(4,5)24-14-10-7-11-15-24/h2*6-22,33-34H,1-5H3. The molecule has 8 aromatic rings. The third-order valence-electron chi connectivity index (χ3n) is 14.9. The van der Waals surface area contributed by atoms with Gasteiger partial charge in [0, 0.05) is 55.7 Å². The molecule has 68 heavy (non-hydrogen) atoms. The van der Waals surface area contributed by atoms with Crippen molar-refractivity contribution < 1.29 is 20.4 Å². The molecule has 0 fully saturated rings. The van der Waals surface area contributed by atoms with Crippen molar-refractivity contribution in [1.29, 1.82) is 0 Å². The third-order valence-corrected chi connectivity index (χ3v) is 14.9. The van der Waals surface area contributed by atoms with Gasteiger partial charge in [-0.2, -0.15) is 0 Å². The lowest BCUT2D eigenvalue weighted by atomic mass is 9.75. The monoisotopic (exact) mass is 901 g/mol. The summed E-state index contributed by atoms with van der Waals surface area (Å²) in [6.45, 7) is 21.5. The van der Waals surface area contributed by atoms with Gasteiger partial charge >= 0.3 is 0 Å². The number of rotatable bonds is 12. The Balaban J connectivity index is 0.000000201. The summed E-state index contributed by atoms with van der Waals surface area (Å²) in [7, 11) is 0. The SMILES string of the molecule is CC(c1cc(C(C)(C)c2ccccc2)ccc1O)c1cc(C(C)(C)c2ccccc2)ccc1O.CC(c1ccc(C(C)(C)c2ccccc2)cc1O)c1ccc(C(C)(C)c2ccccc2)cc1O. The number of hydrogen-bond acceptors (Lipinski definition) is 4. The Bertz CT molecular complexity index is 2750. The Morgan fingerprint density at radius 3 is 0.750 bits per heavy atom. The lowest BCUT2D eigenvalue weighted by Crippen LogP contribution is -2.20. The van der Waals surface area contributed by atoms with Gasteiger partial charge in [-0.05, 0) is 68.8 Å². The van der Waals surface area contributed by atoms with Crippen LogP contribution in [0, 0.1) is 0 Å². The van der Waals surface area contributed by atoms with Crippen LogP contribution in [0.4, 0.5) is 0 Å². The van der Waals surface area contributed by atoms with E-state index in [2.05, 4.69) is 152 Å². The van der Waals surface area contributed by atoms with E-state index in [0.29, 0.717) is 0 Å². The minimum atomic E-state index is -0.229. The zero-order valence-electron chi connectivity index (χ0n) is 41.4. The van der Waals surface area contributed by atoms with E-state index in [1.807, 2.05) is 98.8 Å². The van der Waals surface area contributed by atoms with E-state index < -0.39 is 0 Å². The Labute approximate surface area is 405 Å². The largest absolute Gasteiger partial charge is 0.508 e. The van der Waals surface area contributed by atoms with Gasteiger partial charge in [-0.25, -0.2) is 0 Å². The summed E-state index contributed by atoms with van der Waals surface area (Å²) in [5.41, 5.74) is 11.5. The fourth-order valence-corrected chi connectivity index (χ4v) is 9.60. The first-order valence-corrected chi connectivity index (χ1v) is 23.8. The van der Waals surface area contributed by atoms with Crippen molar-refractivity contribution in [2.75, 3.05) is 0 Å². The lowest BCUT2D eigenvalue weighted by molar-refractivity contribution is 0.453. The minimum Gasteiger partial charge on any atom is -0.508 e. The predicted octanol–water partition coefficient (Wildman–Crippen LogP) is 15.8. The number of phenols is 4. The van der Waals surface area contributed by atoms with Crippen LogP contribution in [0.5, 0.6) is 23.0 Å². The summed E-state index contributed by atoms with van der Waals surface area (Å²) in [6.07, 6.45) is 0. The Morgan fingerprint density at radius 1 is 0.250 bits per heavy atom. The molecule has 348 valence electrons. The van der Waals surface area contributed by atoms with Crippen LogP contribution in [0.2, 0.25) is 0 Å². The van der Waals surface area contributed by atoms with Crippen LogP contribution >= 0.6 is 0 Å². The van der Waals surface area contributed by atoms with Crippen LogP contribution in [0.25, 0.3) is 0 Å². The van der Waals surface area contributed by atoms with Crippen molar-refractivity contribution in [1.82, 2.24) is 0 Å². The summed E-state index contributed by atoms with van der Waals surface area (Å²) in [6, 6.07) is 65.0. The molecule has 8 rings (SSSR count). The van der Waals surface area contributed by atoms with Crippen molar-refractivity contribution in [3.8, 4) is 23.0 Å². The van der Waals surface area contributed by atoms with Gasteiger partial charge in [-0.15, -0.1) is 0 Å². The molecule has 0 aliphatic heterocycles. The molecule has 4 N–H and O–H groups in total. The molecule has 0 saturated heterocycles. The highest BCUT2D eigenvalue weighted by atomic mass is 16.3. The Morgan fingerprint density at radius 2 is 0.485 bits per heavy atom. The zero-order valence-corrected chi connectivity index (χ0v) is 41.4. The van der Waals surface area contributed by atoms with Crippen LogP contribution in [0.3, 0.4) is 0 Å². The molecular weight excluding hydrogens is 833 g/mol. The summed E-state index contributed by atoms with van der Waals surface area (Å²) >= 11 is 0. The fraction of sp³-hybridized carbons (Fsp3) is 0.250. The van der Waals surface area contributed by atoms with Gasteiger partial charge in [0.05, 0.1) is 0 Å². The van der Waals surface area contributed by atoms with Crippen LogP contribution < -0.4 is 0 Å². The quantitative estimate of drug-likeness (QED) is 0.0985. The van der Waals surface area contributed by atoms with Gasteiger partial charge in [-0.3, -0.25) is 0 Å². The molecule has 0 heterocycles. The molecule has 0 aliphatic rings. The van der Waals surface area contributed by atoms with Gasteiger partial charge < -0.3 is 20.4 Å². The number of phenolic OH excluding ortho intramolecular Hbond substituents is 4. The highest BCUT2D eigenvalue weighted by molar-refractivity contribution is 5.54. The third kappa shape index (κ3) is 9.97. The van der Waals surface area contributed by atoms with Crippen LogP contribution in [-0.2, 0) is 21.7 Å². The molecule has 0 amide bonds. The van der Waals surface area contributed by atoms with Crippen LogP contribution in [0.15, 0.2) is 194 Å². The number of aromatic hydroxyl groups is 4. The molecule has 0 saturated carbocycles. The second-order valence-corrected chi connectivity index (χ2v) is 20.5. The molecule has 4 nitrogen and oxygen atoms in total. The van der Waals surface area contributed by atoms with Crippen molar-refractivity contribution in [2.24, 2.45) is 0 Å². The topological polar surface area (TPSA) is 80.9 Å². The van der Waals surface area contributed by atoms with Gasteiger partial charge in [0.15, 0.2) is 0 Å². The van der Waals surface area contributed by atoms with Crippen molar-refractivity contribution in [2.45, 2.75) is 103 Å². The van der Waals surface area contributed by atoms with Gasteiger partial charge in [-0.1, -0.05) is 239 Å². The average Bonchev–Trinajstić information content (AvgIpc) is 3.35. The number of hydrogen-bond donors (Lipinski definition) is 4. The molecule has 0 aromatic heterocycles. The molecule has 0 aliphatic carbocycles. The lowest BCUT2D eigenvalue weighted by Gasteiger charge is -2.29. The average molecular weight is 901 g/mol. The fourth-order valence-electron chi connectivity index (χ4n) is 9.60. The maximum Gasteiger partial charge on any atom is 0.119 e. The van der Waals surface area contributed by atoms with E-state index >= 15 is 0 Å². The summed E-state index contributed by atoms with van der Waals surface area (Å²) in [4.78, 5) is 0. The molecule has 0 unspecified atom stereocenters. The number of benzene rings is 8. The normalized spacial score (nSPS) is 12.2. The van der Waals surface area contributed by atoms with Crippen LogP contribution in [0.1, 0.15) is 148 Å². The molecular formula is C64H68O4. The Kier molecular flexibility index (Phi) is 14.1. The Hall–Kier alpha value is -7.04. The van der Waals surface area contributed by atoms with Gasteiger partial charge in [0.2, 0.25) is 0 Å². The van der Waals surface area contributed by atoms with E-state index in [0.717, 1.165) is 44.5 Å². The van der Waals surface area contributed by atoms with E-state index in [1.165, 1.54) is 22.3 Å². The molecule has 0 bridgehead atoms. The van der Waals surface area contributed by atoms with E-state index in [1.54, 1.807) is 12.1 Å². The van der Waals surface area contributed by atoms with Crippen molar-refractivity contribution >= 4 is 0 Å². The first-order valence-electron chi connectivity index (χ1n) is 23.8. The van der Waals surface area contributed by atoms with Crippen molar-refractivity contribution in [3.05, 3.63) is 261 Å². The van der Waals surface area contributed by atoms with Gasteiger partial charge in [0.25, 0.3) is 0 Å². The maximum absolute atomic E-state index is 11.0. The first kappa shape index (κ1) is 48.9. The second-order valence-electron chi connectivity index (χ2n) is 20.5. The molecule has 0 spiro atoms. The van der Waals surface area contributed by atoms with Crippen LogP contribution in [-0.4, -0.2) is 20.4 Å². The highest BCUT2D eigenvalue weighted by Gasteiger charge is 2.30. The molecule has 0 radical (unpaired) electrons. The second kappa shape index (κ2) is 19.7. The highest BCUT2D eigenvalue weighted by Crippen LogP contribution is 2.44. The van der Waals surface area contributed by atoms with Gasteiger partial charge in [0.1, 0.15) is 23.0 Å². The molecule has 4 heteroatoms. The minimum absolute atomic E-state index is 0.150.